The van der Waals surface area contributed by atoms with Crippen molar-refractivity contribution in [2.24, 2.45) is 0 Å². The normalized spacial score (nSPS) is 11.6. The number of carbonyl (C=O) groups is 1. The lowest BCUT2D eigenvalue weighted by molar-refractivity contribution is 0.183. The average molecular weight is 319 g/mol. The molecule has 0 saturated heterocycles. The van der Waals surface area contributed by atoms with Gasteiger partial charge < -0.3 is 15.4 Å². The molecule has 2 aromatic rings. The molecule has 0 spiro atoms. The van der Waals surface area contributed by atoms with Crippen molar-refractivity contribution in [1.29, 1.82) is 0 Å². The van der Waals surface area contributed by atoms with Crippen LogP contribution in [0, 0.1) is 13.8 Å². The monoisotopic (exact) mass is 318 g/mol. The number of aryl methyl sites for hydroxylation is 2. The van der Waals surface area contributed by atoms with E-state index in [9.17, 15) is 4.79 Å². The van der Waals surface area contributed by atoms with Gasteiger partial charge in [-0.1, -0.05) is 29.8 Å². The SMILES string of the molecule is Cc1cccc(C)c1NC(=O)NC(C)Oc1ccc(Cl)cc1. The Balaban J connectivity index is 1.92. The van der Waals surface area contributed by atoms with Crippen molar-refractivity contribution in [3.05, 3.63) is 58.6 Å². The minimum Gasteiger partial charge on any atom is -0.471 e. The lowest BCUT2D eigenvalue weighted by atomic mass is 10.1. The first-order valence-electron chi connectivity index (χ1n) is 7.01. The number of carbonyl (C=O) groups excluding carboxylic acids is 1. The average Bonchev–Trinajstić information content (AvgIpc) is 2.45. The van der Waals surface area contributed by atoms with E-state index in [1.807, 2.05) is 32.0 Å². The van der Waals surface area contributed by atoms with Crippen molar-refractivity contribution in [2.45, 2.75) is 27.0 Å². The van der Waals surface area contributed by atoms with Gasteiger partial charge in [0.1, 0.15) is 5.75 Å². The highest BCUT2D eigenvalue weighted by Crippen LogP contribution is 2.19. The molecule has 2 aromatic carbocycles. The fourth-order valence-corrected chi connectivity index (χ4v) is 2.22. The maximum Gasteiger partial charge on any atom is 0.322 e. The Kier molecular flexibility index (Phi) is 5.28. The van der Waals surface area contributed by atoms with Crippen LogP contribution in [0.4, 0.5) is 10.5 Å². The zero-order valence-electron chi connectivity index (χ0n) is 12.8. The van der Waals surface area contributed by atoms with Gasteiger partial charge in [-0.25, -0.2) is 4.79 Å². The van der Waals surface area contributed by atoms with E-state index in [2.05, 4.69) is 10.6 Å². The number of benzene rings is 2. The summed E-state index contributed by atoms with van der Waals surface area (Å²) in [6.45, 7) is 5.67. The van der Waals surface area contributed by atoms with Gasteiger partial charge in [-0.15, -0.1) is 0 Å². The number of para-hydroxylation sites is 1. The molecule has 2 N–H and O–H groups in total. The molecular formula is C17H19ClN2O2. The summed E-state index contributed by atoms with van der Waals surface area (Å²) in [5.74, 6) is 0.643. The summed E-state index contributed by atoms with van der Waals surface area (Å²) in [7, 11) is 0. The highest BCUT2D eigenvalue weighted by molar-refractivity contribution is 6.30. The molecule has 0 fully saturated rings. The van der Waals surface area contributed by atoms with E-state index < -0.39 is 6.23 Å². The van der Waals surface area contributed by atoms with Gasteiger partial charge in [-0.05, 0) is 56.2 Å². The third kappa shape index (κ3) is 4.40. The van der Waals surface area contributed by atoms with Crippen LogP contribution in [0.5, 0.6) is 5.75 Å². The Labute approximate surface area is 135 Å². The van der Waals surface area contributed by atoms with Crippen molar-refractivity contribution < 1.29 is 9.53 Å². The van der Waals surface area contributed by atoms with Crippen LogP contribution >= 0.6 is 11.6 Å². The van der Waals surface area contributed by atoms with E-state index >= 15 is 0 Å². The van der Waals surface area contributed by atoms with Gasteiger partial charge >= 0.3 is 6.03 Å². The third-order valence-electron chi connectivity index (χ3n) is 3.18. The van der Waals surface area contributed by atoms with E-state index in [0.717, 1.165) is 16.8 Å². The van der Waals surface area contributed by atoms with Crippen LogP contribution in [0.15, 0.2) is 42.5 Å². The van der Waals surface area contributed by atoms with Crippen molar-refractivity contribution in [2.75, 3.05) is 5.32 Å². The quantitative estimate of drug-likeness (QED) is 0.815. The van der Waals surface area contributed by atoms with E-state index in [4.69, 9.17) is 16.3 Å². The highest BCUT2D eigenvalue weighted by atomic mass is 35.5. The lowest BCUT2D eigenvalue weighted by Gasteiger charge is -2.18. The third-order valence-corrected chi connectivity index (χ3v) is 3.43. The largest absolute Gasteiger partial charge is 0.471 e. The van der Waals surface area contributed by atoms with Gasteiger partial charge in [-0.3, -0.25) is 0 Å². The predicted molar refractivity (Wildman–Crippen MR) is 89.6 cm³/mol. The lowest BCUT2D eigenvalue weighted by Crippen LogP contribution is -2.39. The molecule has 22 heavy (non-hydrogen) atoms. The van der Waals surface area contributed by atoms with Crippen LogP contribution < -0.4 is 15.4 Å². The minimum atomic E-state index is -0.467. The van der Waals surface area contributed by atoms with E-state index in [-0.39, 0.29) is 6.03 Å². The number of amides is 2. The Hall–Kier alpha value is -2.20. The molecule has 0 aliphatic heterocycles. The summed E-state index contributed by atoms with van der Waals surface area (Å²) in [5, 5.41) is 6.23. The Morgan fingerprint density at radius 2 is 1.68 bits per heavy atom. The molecule has 0 saturated carbocycles. The Morgan fingerprint density at radius 3 is 2.27 bits per heavy atom. The van der Waals surface area contributed by atoms with Crippen molar-refractivity contribution in [1.82, 2.24) is 5.32 Å². The standard InChI is InChI=1S/C17H19ClN2O2/c1-11-5-4-6-12(2)16(11)20-17(21)19-13(3)22-15-9-7-14(18)8-10-15/h4-10,13H,1-3H3,(H2,19,20,21). The second-order valence-corrected chi connectivity index (χ2v) is 5.52. The van der Waals surface area contributed by atoms with E-state index in [0.29, 0.717) is 10.8 Å². The first-order chi connectivity index (χ1) is 10.5. The first-order valence-corrected chi connectivity index (χ1v) is 7.39. The summed E-state index contributed by atoms with van der Waals surface area (Å²) < 4.78 is 5.61. The topological polar surface area (TPSA) is 50.4 Å². The Morgan fingerprint density at radius 1 is 1.09 bits per heavy atom. The molecule has 0 bridgehead atoms. The van der Waals surface area contributed by atoms with Crippen LogP contribution in [0.1, 0.15) is 18.1 Å². The van der Waals surface area contributed by atoms with Gasteiger partial charge in [0.15, 0.2) is 6.23 Å². The first kappa shape index (κ1) is 16.2. The summed E-state index contributed by atoms with van der Waals surface area (Å²) in [4.78, 5) is 12.0. The molecule has 5 heteroatoms. The van der Waals surface area contributed by atoms with Gasteiger partial charge in [0.2, 0.25) is 0 Å². The fraction of sp³-hybridized carbons (Fsp3) is 0.235. The highest BCUT2D eigenvalue weighted by Gasteiger charge is 2.11. The Bertz CT molecular complexity index is 636. The molecule has 0 aliphatic carbocycles. The zero-order valence-corrected chi connectivity index (χ0v) is 13.6. The van der Waals surface area contributed by atoms with Crippen molar-refractivity contribution in [3.8, 4) is 5.75 Å². The van der Waals surface area contributed by atoms with Crippen molar-refractivity contribution in [3.63, 3.8) is 0 Å². The van der Waals surface area contributed by atoms with Crippen LogP contribution in [0.3, 0.4) is 0 Å². The number of anilines is 1. The number of rotatable bonds is 4. The minimum absolute atomic E-state index is 0.307. The molecule has 116 valence electrons. The molecule has 0 heterocycles. The van der Waals surface area contributed by atoms with Gasteiger partial charge in [0, 0.05) is 10.7 Å². The zero-order chi connectivity index (χ0) is 16.1. The maximum atomic E-state index is 12.0. The van der Waals surface area contributed by atoms with Crippen LogP contribution in [0.25, 0.3) is 0 Å². The van der Waals surface area contributed by atoms with Gasteiger partial charge in [0.25, 0.3) is 0 Å². The molecule has 1 atom stereocenters. The summed E-state index contributed by atoms with van der Waals surface area (Å²) in [5.41, 5.74) is 2.85. The fourth-order valence-electron chi connectivity index (χ4n) is 2.09. The summed E-state index contributed by atoms with van der Waals surface area (Å²) in [6.07, 6.45) is -0.467. The summed E-state index contributed by atoms with van der Waals surface area (Å²) in [6, 6.07) is 12.5. The molecule has 1 unspecified atom stereocenters. The number of hydrogen-bond donors (Lipinski definition) is 2. The predicted octanol–water partition coefficient (Wildman–Crippen LogP) is 4.50. The maximum absolute atomic E-state index is 12.0. The second-order valence-electron chi connectivity index (χ2n) is 5.08. The second kappa shape index (κ2) is 7.18. The molecule has 0 aromatic heterocycles. The molecular weight excluding hydrogens is 300 g/mol. The molecule has 4 nitrogen and oxygen atoms in total. The number of urea groups is 1. The van der Waals surface area contributed by atoms with Gasteiger partial charge in [-0.2, -0.15) is 0 Å². The summed E-state index contributed by atoms with van der Waals surface area (Å²) >= 11 is 5.82. The van der Waals surface area contributed by atoms with E-state index in [1.165, 1.54) is 0 Å². The van der Waals surface area contributed by atoms with Crippen LogP contribution in [0.2, 0.25) is 5.02 Å². The number of halogens is 1. The van der Waals surface area contributed by atoms with Gasteiger partial charge in [0.05, 0.1) is 0 Å². The smallest absolute Gasteiger partial charge is 0.322 e. The van der Waals surface area contributed by atoms with Crippen LogP contribution in [-0.2, 0) is 0 Å². The molecule has 2 rings (SSSR count). The van der Waals surface area contributed by atoms with Crippen LogP contribution in [-0.4, -0.2) is 12.3 Å². The van der Waals surface area contributed by atoms with E-state index in [1.54, 1.807) is 31.2 Å². The molecule has 0 radical (unpaired) electrons. The molecule has 0 aliphatic rings. The number of hydrogen-bond acceptors (Lipinski definition) is 2. The van der Waals surface area contributed by atoms with Crippen molar-refractivity contribution >= 4 is 23.3 Å². The number of ether oxygens (including phenoxy) is 1. The number of nitrogens with one attached hydrogen (secondary N) is 2. The molecule has 2 amide bonds.